The van der Waals surface area contributed by atoms with Gasteiger partial charge in [0, 0.05) is 6.42 Å². The maximum Gasteiger partial charge on any atom is 0.519 e. The fourth-order valence-corrected chi connectivity index (χ4v) is 1.58. The van der Waals surface area contributed by atoms with Gasteiger partial charge in [-0.3, -0.25) is 0 Å². The first-order valence-electron chi connectivity index (χ1n) is 5.77. The van der Waals surface area contributed by atoms with Gasteiger partial charge in [-0.2, -0.15) is 9.68 Å². The van der Waals surface area contributed by atoms with Crippen molar-refractivity contribution in [3.63, 3.8) is 0 Å². The molecule has 0 fully saturated rings. The van der Waals surface area contributed by atoms with E-state index in [9.17, 15) is 14.6 Å². The van der Waals surface area contributed by atoms with Crippen molar-refractivity contribution in [2.45, 2.75) is 32.0 Å². The van der Waals surface area contributed by atoms with Crippen LogP contribution in [0.25, 0.3) is 0 Å². The second-order valence-electron chi connectivity index (χ2n) is 3.85. The van der Waals surface area contributed by atoms with Crippen LogP contribution in [0.15, 0.2) is 13.6 Å². The van der Waals surface area contributed by atoms with Crippen LogP contribution >= 0.6 is 0 Å². The summed E-state index contributed by atoms with van der Waals surface area (Å²) in [6.45, 7) is -1.01. The summed E-state index contributed by atoms with van der Waals surface area (Å²) >= 11 is 0. The highest BCUT2D eigenvalue weighted by Crippen LogP contribution is 2.13. The third kappa shape index (κ3) is 5.90. The number of hydrogen-bond acceptors (Lipinski definition) is 8. The Kier molecular flexibility index (Phi) is 6.13. The third-order valence-corrected chi connectivity index (χ3v) is 2.41. The summed E-state index contributed by atoms with van der Waals surface area (Å²) in [5, 5.41) is 24.0. The van der Waals surface area contributed by atoms with E-state index in [1.54, 1.807) is 0 Å². The number of aliphatic hydroxyl groups is 1. The topological polar surface area (TPSA) is 163 Å². The monoisotopic (exact) mass is 310 g/mol. The van der Waals surface area contributed by atoms with Crippen LogP contribution in [0.3, 0.4) is 0 Å². The van der Waals surface area contributed by atoms with E-state index in [0.29, 0.717) is 0 Å². The van der Waals surface area contributed by atoms with Crippen molar-refractivity contribution in [2.75, 3.05) is 6.61 Å². The molecule has 1 rings (SSSR count). The summed E-state index contributed by atoms with van der Waals surface area (Å²) < 4.78 is 9.25. The van der Waals surface area contributed by atoms with Crippen molar-refractivity contribution in [3.8, 4) is 0 Å². The molecule has 0 aliphatic heterocycles. The van der Waals surface area contributed by atoms with Gasteiger partial charge in [0.1, 0.15) is 16.4 Å². The van der Waals surface area contributed by atoms with Crippen LogP contribution in [0.1, 0.15) is 24.4 Å². The number of aliphatic hydroxyl groups excluding tert-OH is 1. The largest absolute Gasteiger partial charge is 0.519 e. The SMILES string of the molecule is O=c1oc(CO)c(CCC[C@H](CO[N+](=O)O)O[N+](=O)O)o1. The summed E-state index contributed by atoms with van der Waals surface area (Å²) in [5.74, 6) is -0.825. The van der Waals surface area contributed by atoms with Crippen LogP contribution in [-0.2, 0) is 22.7 Å². The van der Waals surface area contributed by atoms with Crippen LogP contribution < -0.4 is 5.82 Å². The Hall–Kier alpha value is -2.63. The van der Waals surface area contributed by atoms with E-state index in [2.05, 4.69) is 14.1 Å². The first-order chi connectivity index (χ1) is 9.92. The molecule has 3 N–H and O–H groups in total. The molecule has 0 saturated heterocycles. The summed E-state index contributed by atoms with van der Waals surface area (Å²) in [7, 11) is 0. The zero-order valence-corrected chi connectivity index (χ0v) is 10.7. The van der Waals surface area contributed by atoms with E-state index in [1.165, 1.54) is 0 Å². The van der Waals surface area contributed by atoms with Gasteiger partial charge in [0.15, 0.2) is 11.5 Å². The second kappa shape index (κ2) is 7.84. The van der Waals surface area contributed by atoms with Crippen molar-refractivity contribution >= 4 is 0 Å². The smallest absolute Gasteiger partial charge is 0.396 e. The van der Waals surface area contributed by atoms with Gasteiger partial charge in [-0.25, -0.2) is 15.2 Å². The van der Waals surface area contributed by atoms with Crippen LogP contribution in [0, 0.1) is 9.81 Å². The maximum absolute atomic E-state index is 10.9. The summed E-state index contributed by atoms with van der Waals surface area (Å²) in [5.41, 5.74) is 0. The summed E-state index contributed by atoms with van der Waals surface area (Å²) in [4.78, 5) is 39.9. The number of hydrogen-bond donors (Lipinski definition) is 3. The zero-order valence-electron chi connectivity index (χ0n) is 10.7. The van der Waals surface area contributed by atoms with Crippen molar-refractivity contribution in [2.24, 2.45) is 0 Å². The molecule has 0 amide bonds. The van der Waals surface area contributed by atoms with Gasteiger partial charge in [-0.05, 0) is 12.8 Å². The molecule has 12 nitrogen and oxygen atoms in total. The standard InChI is InChI=1S/C9H14N2O10/c12-4-8-7(19-9(13)20-8)3-1-2-6(21-11(16)17)5-18-10(14)15/h6,12H,1-5H2,(H,14,15)(H,16,17)/q+2/t6-/m1/s1. The quantitative estimate of drug-likeness (QED) is 0.485. The molecule has 1 aromatic heterocycles. The Bertz CT molecular complexity index is 535. The minimum atomic E-state index is -1.03. The first kappa shape index (κ1) is 16.4. The molecule has 1 aromatic rings. The van der Waals surface area contributed by atoms with Gasteiger partial charge in [-0.1, -0.05) is 0 Å². The lowest BCUT2D eigenvalue weighted by molar-refractivity contribution is -0.995. The lowest BCUT2D eigenvalue weighted by Crippen LogP contribution is -2.25. The average Bonchev–Trinajstić information content (AvgIpc) is 2.75. The van der Waals surface area contributed by atoms with Crippen molar-refractivity contribution < 1.29 is 44.2 Å². The molecular formula is C9H14N2O10+2. The molecule has 0 aliphatic carbocycles. The molecule has 0 aliphatic rings. The average molecular weight is 310 g/mol. The molecule has 1 atom stereocenters. The van der Waals surface area contributed by atoms with E-state index in [-0.39, 0.29) is 30.8 Å². The van der Waals surface area contributed by atoms with E-state index in [1.807, 2.05) is 0 Å². The van der Waals surface area contributed by atoms with E-state index < -0.39 is 35.3 Å². The maximum atomic E-state index is 10.9. The Morgan fingerprint density at radius 1 is 1.14 bits per heavy atom. The fourth-order valence-electron chi connectivity index (χ4n) is 1.58. The minimum Gasteiger partial charge on any atom is -0.396 e. The lowest BCUT2D eigenvalue weighted by atomic mass is 10.1. The highest BCUT2D eigenvalue weighted by molar-refractivity contribution is 5.01. The molecule has 1 heterocycles. The second-order valence-corrected chi connectivity index (χ2v) is 3.85. The van der Waals surface area contributed by atoms with Gasteiger partial charge in [-0.15, -0.1) is 0 Å². The van der Waals surface area contributed by atoms with Crippen LogP contribution in [0.2, 0.25) is 0 Å². The molecule has 0 aromatic carbocycles. The molecule has 0 unspecified atom stereocenters. The van der Waals surface area contributed by atoms with Gasteiger partial charge < -0.3 is 13.9 Å². The molecule has 21 heavy (non-hydrogen) atoms. The highest BCUT2D eigenvalue weighted by atomic mass is 17.0. The Morgan fingerprint density at radius 3 is 2.38 bits per heavy atom. The Morgan fingerprint density at radius 2 is 1.81 bits per heavy atom. The summed E-state index contributed by atoms with van der Waals surface area (Å²) in [6.07, 6.45) is -0.479. The Balaban J connectivity index is 2.49. The highest BCUT2D eigenvalue weighted by Gasteiger charge is 2.25. The van der Waals surface area contributed by atoms with Crippen LogP contribution in [0.5, 0.6) is 0 Å². The molecular weight excluding hydrogens is 296 g/mol. The predicted octanol–water partition coefficient (Wildman–Crippen LogP) is -0.384. The van der Waals surface area contributed by atoms with E-state index >= 15 is 0 Å². The van der Waals surface area contributed by atoms with Gasteiger partial charge in [0.25, 0.3) is 0 Å². The molecule has 0 bridgehead atoms. The number of rotatable bonds is 10. The fraction of sp³-hybridized carbons (Fsp3) is 0.667. The normalized spacial score (nSPS) is 11.9. The van der Waals surface area contributed by atoms with Crippen molar-refractivity contribution in [1.82, 2.24) is 0 Å². The number of aryl methyl sites for hydroxylation is 1. The van der Waals surface area contributed by atoms with Crippen LogP contribution in [-0.4, -0.2) is 38.4 Å². The Labute approximate surface area is 116 Å². The minimum absolute atomic E-state index is 0.0116. The number of nitrogens with zero attached hydrogens (tertiary/aromatic N) is 2. The van der Waals surface area contributed by atoms with E-state index in [0.717, 1.165) is 0 Å². The van der Waals surface area contributed by atoms with Crippen LogP contribution in [0.4, 0.5) is 0 Å². The van der Waals surface area contributed by atoms with Crippen molar-refractivity contribution in [1.29, 1.82) is 0 Å². The zero-order chi connectivity index (χ0) is 15.8. The lowest BCUT2D eigenvalue weighted by Gasteiger charge is -2.05. The first-order valence-corrected chi connectivity index (χ1v) is 5.77. The molecule has 118 valence electrons. The molecule has 0 saturated carbocycles. The summed E-state index contributed by atoms with van der Waals surface area (Å²) in [6, 6.07) is 0. The van der Waals surface area contributed by atoms with Crippen molar-refractivity contribution in [3.05, 3.63) is 32.0 Å². The molecule has 0 radical (unpaired) electrons. The predicted molar refractivity (Wildman–Crippen MR) is 57.8 cm³/mol. The van der Waals surface area contributed by atoms with E-state index in [4.69, 9.17) is 19.9 Å². The molecule has 0 spiro atoms. The molecule has 12 heteroatoms. The van der Waals surface area contributed by atoms with Gasteiger partial charge in [0.2, 0.25) is 12.7 Å². The third-order valence-electron chi connectivity index (χ3n) is 2.41. The van der Waals surface area contributed by atoms with Gasteiger partial charge in [0.05, 0.1) is 0 Å². The van der Waals surface area contributed by atoms with Gasteiger partial charge >= 0.3 is 16.0 Å².